The fourth-order valence-corrected chi connectivity index (χ4v) is 3.09. The molecule has 156 valence electrons. The molecule has 0 aliphatic heterocycles. The molecule has 29 heavy (non-hydrogen) atoms. The van der Waals surface area contributed by atoms with Crippen LogP contribution in [0.5, 0.6) is 0 Å². The Hall–Kier alpha value is -2.84. The largest absolute Gasteiger partial charge is 0.473 e. The predicted octanol–water partition coefficient (Wildman–Crippen LogP) is 3.30. The zero-order valence-corrected chi connectivity index (χ0v) is 17.6. The van der Waals surface area contributed by atoms with Crippen LogP contribution >= 0.6 is 11.8 Å². The first-order valence-corrected chi connectivity index (χ1v) is 9.88. The number of carbonyl (C=O) groups excluding carboxylic acids is 1. The molecule has 0 heterocycles. The lowest BCUT2D eigenvalue weighted by atomic mass is 10.3. The molecule has 2 aromatic carbocycles. The minimum atomic E-state index is -1.82. The second kappa shape index (κ2) is 12.6. The molecule has 0 aliphatic carbocycles. The molecule has 0 aromatic heterocycles. The van der Waals surface area contributed by atoms with Crippen molar-refractivity contribution in [2.24, 2.45) is 0 Å². The van der Waals surface area contributed by atoms with Gasteiger partial charge in [0, 0.05) is 22.5 Å². The minimum Gasteiger partial charge on any atom is -0.473 e. The molecule has 0 saturated heterocycles. The second-order valence-corrected chi connectivity index (χ2v) is 7.08. The normalized spacial score (nSPS) is 10.1. The highest BCUT2D eigenvalue weighted by Gasteiger charge is 2.13. The van der Waals surface area contributed by atoms with Gasteiger partial charge in [-0.2, -0.15) is 0 Å². The third-order valence-corrected chi connectivity index (χ3v) is 5.03. The number of likely N-dealkylation sites (N-methyl/N-ethyl adjacent to an activating group) is 2. The van der Waals surface area contributed by atoms with E-state index >= 15 is 0 Å². The first-order chi connectivity index (χ1) is 13.8. The van der Waals surface area contributed by atoms with Crippen LogP contribution < -0.4 is 4.90 Å². The van der Waals surface area contributed by atoms with Crippen molar-refractivity contribution in [3.8, 4) is 0 Å². The van der Waals surface area contributed by atoms with E-state index in [1.807, 2.05) is 37.4 Å². The standard InChI is InChI=1S/C19H24N2OS.C2H2O4/c1-4-21(5-2)15-19(22)20(3)16-11-13-18(14-12-16)23-17-9-7-6-8-10-17;3-1(4)2(5)6/h6-14H,4-5,15H2,1-3H3;(H,3,4)(H,5,6). The summed E-state index contributed by atoms with van der Waals surface area (Å²) in [5, 5.41) is 14.8. The molecule has 0 atom stereocenters. The van der Waals surface area contributed by atoms with Gasteiger partial charge in [0.05, 0.1) is 6.54 Å². The van der Waals surface area contributed by atoms with Crippen molar-refractivity contribution in [2.75, 3.05) is 31.6 Å². The Kier molecular flexibility index (Phi) is 10.5. The number of aliphatic carboxylic acids is 2. The lowest BCUT2D eigenvalue weighted by Gasteiger charge is -2.23. The number of amides is 1. The zero-order valence-electron chi connectivity index (χ0n) is 16.7. The third-order valence-electron chi connectivity index (χ3n) is 4.01. The Morgan fingerprint density at radius 2 is 1.31 bits per heavy atom. The Morgan fingerprint density at radius 1 is 0.828 bits per heavy atom. The Labute approximate surface area is 174 Å². The summed E-state index contributed by atoms with van der Waals surface area (Å²) in [6.45, 7) is 6.40. The molecule has 0 aliphatic rings. The fourth-order valence-electron chi connectivity index (χ4n) is 2.25. The smallest absolute Gasteiger partial charge is 0.414 e. The van der Waals surface area contributed by atoms with Crippen molar-refractivity contribution in [3.63, 3.8) is 0 Å². The van der Waals surface area contributed by atoms with Crippen LogP contribution in [-0.2, 0) is 14.4 Å². The Balaban J connectivity index is 0.000000612. The summed E-state index contributed by atoms with van der Waals surface area (Å²) < 4.78 is 0. The fraction of sp³-hybridized carbons (Fsp3) is 0.286. The maximum Gasteiger partial charge on any atom is 0.414 e. The number of hydrogen-bond acceptors (Lipinski definition) is 5. The van der Waals surface area contributed by atoms with Crippen LogP contribution in [0.15, 0.2) is 64.4 Å². The van der Waals surface area contributed by atoms with Gasteiger partial charge in [-0.05, 0) is 49.5 Å². The molecule has 2 N–H and O–H groups in total. The van der Waals surface area contributed by atoms with E-state index in [2.05, 4.69) is 43.0 Å². The zero-order chi connectivity index (χ0) is 21.8. The molecule has 0 radical (unpaired) electrons. The molecule has 0 bridgehead atoms. The van der Waals surface area contributed by atoms with Gasteiger partial charge in [-0.25, -0.2) is 9.59 Å². The van der Waals surface area contributed by atoms with Crippen molar-refractivity contribution in [1.29, 1.82) is 0 Å². The molecule has 8 heteroatoms. The lowest BCUT2D eigenvalue weighted by Crippen LogP contribution is -2.38. The van der Waals surface area contributed by atoms with Crippen LogP contribution in [0.4, 0.5) is 5.69 Å². The highest BCUT2D eigenvalue weighted by molar-refractivity contribution is 7.99. The number of anilines is 1. The molecule has 0 unspecified atom stereocenters. The van der Waals surface area contributed by atoms with Crippen LogP contribution in [0.1, 0.15) is 13.8 Å². The van der Waals surface area contributed by atoms with Crippen LogP contribution in [0.25, 0.3) is 0 Å². The average Bonchev–Trinajstić information content (AvgIpc) is 2.73. The maximum absolute atomic E-state index is 12.3. The summed E-state index contributed by atoms with van der Waals surface area (Å²) in [6.07, 6.45) is 0. The van der Waals surface area contributed by atoms with Gasteiger partial charge < -0.3 is 15.1 Å². The molecule has 0 saturated carbocycles. The minimum absolute atomic E-state index is 0.122. The van der Waals surface area contributed by atoms with Gasteiger partial charge in [0.25, 0.3) is 0 Å². The van der Waals surface area contributed by atoms with Crippen LogP contribution in [-0.4, -0.2) is 59.6 Å². The number of carbonyl (C=O) groups is 3. The SMILES string of the molecule is CCN(CC)CC(=O)N(C)c1ccc(Sc2ccccc2)cc1.O=C(O)C(=O)O. The van der Waals surface area contributed by atoms with Gasteiger partial charge in [-0.1, -0.05) is 43.8 Å². The average molecular weight is 419 g/mol. The van der Waals surface area contributed by atoms with E-state index in [1.165, 1.54) is 9.79 Å². The number of benzene rings is 2. The van der Waals surface area contributed by atoms with E-state index in [0.717, 1.165) is 18.8 Å². The van der Waals surface area contributed by atoms with Crippen LogP contribution in [0.3, 0.4) is 0 Å². The van der Waals surface area contributed by atoms with E-state index in [1.54, 1.807) is 16.7 Å². The number of carboxylic acids is 2. The molecule has 0 fully saturated rings. The summed E-state index contributed by atoms with van der Waals surface area (Å²) in [6, 6.07) is 18.4. The first kappa shape index (κ1) is 24.2. The van der Waals surface area contributed by atoms with Crippen LogP contribution in [0, 0.1) is 0 Å². The summed E-state index contributed by atoms with van der Waals surface area (Å²) in [5.41, 5.74) is 0.930. The molecule has 2 aromatic rings. The topological polar surface area (TPSA) is 98.2 Å². The van der Waals surface area contributed by atoms with Gasteiger partial charge in [-0.15, -0.1) is 0 Å². The molecular formula is C21H26N2O5S. The third kappa shape index (κ3) is 8.80. The molecular weight excluding hydrogens is 392 g/mol. The van der Waals surface area contributed by atoms with Crippen molar-refractivity contribution in [2.45, 2.75) is 23.6 Å². The second-order valence-electron chi connectivity index (χ2n) is 5.93. The summed E-state index contributed by atoms with van der Waals surface area (Å²) in [5.74, 6) is -3.53. The van der Waals surface area contributed by atoms with Gasteiger partial charge in [0.2, 0.25) is 5.91 Å². The highest BCUT2D eigenvalue weighted by Crippen LogP contribution is 2.28. The van der Waals surface area contributed by atoms with Crippen molar-refractivity contribution >= 4 is 35.3 Å². The molecule has 7 nitrogen and oxygen atoms in total. The van der Waals surface area contributed by atoms with Crippen molar-refractivity contribution < 1.29 is 24.6 Å². The number of hydrogen-bond donors (Lipinski definition) is 2. The quantitative estimate of drug-likeness (QED) is 0.666. The Morgan fingerprint density at radius 3 is 1.76 bits per heavy atom. The van der Waals surface area contributed by atoms with E-state index in [0.29, 0.717) is 6.54 Å². The first-order valence-electron chi connectivity index (χ1n) is 9.06. The Bertz CT molecular complexity index is 780. The highest BCUT2D eigenvalue weighted by atomic mass is 32.2. The van der Waals surface area contributed by atoms with Gasteiger partial charge >= 0.3 is 11.9 Å². The summed E-state index contributed by atoms with van der Waals surface area (Å²) in [7, 11) is 1.84. The number of carboxylic acid groups (broad SMARTS) is 2. The number of nitrogens with zero attached hydrogens (tertiary/aromatic N) is 2. The van der Waals surface area contributed by atoms with E-state index in [9.17, 15) is 4.79 Å². The van der Waals surface area contributed by atoms with E-state index < -0.39 is 11.9 Å². The van der Waals surface area contributed by atoms with Crippen LogP contribution in [0.2, 0.25) is 0 Å². The van der Waals surface area contributed by atoms with Gasteiger partial charge in [0.1, 0.15) is 0 Å². The van der Waals surface area contributed by atoms with E-state index in [-0.39, 0.29) is 5.91 Å². The maximum atomic E-state index is 12.3. The predicted molar refractivity (Wildman–Crippen MR) is 113 cm³/mol. The lowest BCUT2D eigenvalue weighted by molar-refractivity contribution is -0.159. The van der Waals surface area contributed by atoms with Crippen molar-refractivity contribution in [3.05, 3.63) is 54.6 Å². The summed E-state index contributed by atoms with van der Waals surface area (Å²) >= 11 is 1.72. The summed E-state index contributed by atoms with van der Waals surface area (Å²) in [4.78, 5) is 36.8. The van der Waals surface area contributed by atoms with Gasteiger partial charge in [-0.3, -0.25) is 9.69 Å². The molecule has 2 rings (SSSR count). The number of rotatable bonds is 7. The monoisotopic (exact) mass is 418 g/mol. The molecule has 1 amide bonds. The van der Waals surface area contributed by atoms with Crippen molar-refractivity contribution in [1.82, 2.24) is 4.90 Å². The van der Waals surface area contributed by atoms with E-state index in [4.69, 9.17) is 19.8 Å². The van der Waals surface area contributed by atoms with Gasteiger partial charge in [0.15, 0.2) is 0 Å². The molecule has 0 spiro atoms.